The molecule has 0 bridgehead atoms. The highest BCUT2D eigenvalue weighted by Gasteiger charge is 2.06. The molecule has 0 spiro atoms. The second-order valence-corrected chi connectivity index (χ2v) is 5.54. The topological polar surface area (TPSA) is 26.0 Å². The van der Waals surface area contributed by atoms with Gasteiger partial charge in [-0.2, -0.15) is 0 Å². The molecule has 0 radical (unpaired) electrons. The lowest BCUT2D eigenvalue weighted by Gasteiger charge is -2.15. The van der Waals surface area contributed by atoms with E-state index in [2.05, 4.69) is 13.8 Å². The predicted molar refractivity (Wildman–Crippen MR) is 72.5 cm³/mol. The fourth-order valence-electron chi connectivity index (χ4n) is 2.70. The van der Waals surface area contributed by atoms with Crippen LogP contribution in [-0.2, 0) is 0 Å². The maximum Gasteiger partial charge on any atom is 0.0139 e. The van der Waals surface area contributed by atoms with Gasteiger partial charge in [0.15, 0.2) is 0 Å². The number of hydrogen-bond acceptors (Lipinski definition) is 1. The number of hydrogen-bond donors (Lipinski definition) is 1. The van der Waals surface area contributed by atoms with Gasteiger partial charge in [-0.3, -0.25) is 0 Å². The van der Waals surface area contributed by atoms with Crippen molar-refractivity contribution in [3.05, 3.63) is 11.1 Å². The molecule has 1 heteroatoms. The van der Waals surface area contributed by atoms with E-state index in [1.807, 2.05) is 0 Å². The summed E-state index contributed by atoms with van der Waals surface area (Å²) in [6.07, 6.45) is 12.3. The fraction of sp³-hybridized carbons (Fsp3) is 0.867. The largest absolute Gasteiger partial charge is 0.327 e. The molecule has 1 aliphatic carbocycles. The lowest BCUT2D eigenvalue weighted by Crippen LogP contribution is -2.06. The van der Waals surface area contributed by atoms with Crippen molar-refractivity contribution in [2.24, 2.45) is 11.7 Å². The molecule has 0 saturated heterocycles. The molecular formula is C15H29N. The van der Waals surface area contributed by atoms with Gasteiger partial charge in [0.05, 0.1) is 0 Å². The smallest absolute Gasteiger partial charge is 0.0139 e. The summed E-state index contributed by atoms with van der Waals surface area (Å²) in [5, 5.41) is 0. The van der Waals surface area contributed by atoms with Crippen molar-refractivity contribution in [1.29, 1.82) is 0 Å². The average molecular weight is 223 g/mol. The fourth-order valence-corrected chi connectivity index (χ4v) is 2.70. The van der Waals surface area contributed by atoms with Crippen molar-refractivity contribution in [2.45, 2.75) is 71.6 Å². The highest BCUT2D eigenvalue weighted by atomic mass is 14.5. The maximum atomic E-state index is 5.84. The van der Waals surface area contributed by atoms with E-state index >= 15 is 0 Å². The third-order valence-electron chi connectivity index (χ3n) is 4.02. The molecule has 1 rings (SSSR count). The molecule has 0 aromatic carbocycles. The Morgan fingerprint density at radius 3 is 2.31 bits per heavy atom. The van der Waals surface area contributed by atoms with Gasteiger partial charge in [-0.25, -0.2) is 0 Å². The molecule has 0 saturated carbocycles. The van der Waals surface area contributed by atoms with E-state index in [1.54, 1.807) is 5.57 Å². The highest BCUT2D eigenvalue weighted by Crippen LogP contribution is 2.23. The van der Waals surface area contributed by atoms with Gasteiger partial charge < -0.3 is 5.73 Å². The molecule has 2 N–H and O–H groups in total. The Hall–Kier alpha value is -0.300. The van der Waals surface area contributed by atoms with Crippen LogP contribution in [0.1, 0.15) is 71.6 Å². The monoisotopic (exact) mass is 223 g/mol. The zero-order valence-electron chi connectivity index (χ0n) is 11.2. The van der Waals surface area contributed by atoms with E-state index in [4.69, 9.17) is 5.73 Å². The average Bonchev–Trinajstić information content (AvgIpc) is 2.27. The summed E-state index contributed by atoms with van der Waals surface area (Å²) in [5.74, 6) is 0.936. The van der Waals surface area contributed by atoms with Crippen molar-refractivity contribution in [2.75, 3.05) is 6.54 Å². The van der Waals surface area contributed by atoms with Gasteiger partial charge in [-0.15, -0.1) is 0 Å². The number of allylic oxidation sites excluding steroid dienone is 1. The normalized spacial score (nSPS) is 26.1. The zero-order valence-corrected chi connectivity index (χ0v) is 11.2. The molecule has 94 valence electrons. The van der Waals surface area contributed by atoms with Gasteiger partial charge in [0.2, 0.25) is 0 Å². The van der Waals surface area contributed by atoms with Crippen LogP contribution < -0.4 is 5.73 Å². The Morgan fingerprint density at radius 1 is 1.00 bits per heavy atom. The van der Waals surface area contributed by atoms with Crippen LogP contribution in [0.4, 0.5) is 0 Å². The van der Waals surface area contributed by atoms with Gasteiger partial charge >= 0.3 is 0 Å². The summed E-state index contributed by atoms with van der Waals surface area (Å²) in [4.78, 5) is 0. The van der Waals surface area contributed by atoms with Crippen LogP contribution in [0.2, 0.25) is 0 Å². The van der Waals surface area contributed by atoms with Gasteiger partial charge in [-0.1, -0.05) is 50.2 Å². The minimum atomic E-state index is 0.779. The quantitative estimate of drug-likeness (QED) is 0.654. The zero-order chi connectivity index (χ0) is 11.8. The first-order chi connectivity index (χ1) is 7.74. The molecule has 0 fully saturated rings. The summed E-state index contributed by atoms with van der Waals surface area (Å²) in [5.41, 5.74) is 8.96. The number of rotatable bonds is 1. The van der Waals surface area contributed by atoms with Gasteiger partial charge in [0, 0.05) is 6.54 Å². The van der Waals surface area contributed by atoms with Crippen LogP contribution in [0.15, 0.2) is 11.1 Å². The molecule has 1 aliphatic rings. The summed E-state index contributed by atoms with van der Waals surface area (Å²) in [6.45, 7) is 5.48. The van der Waals surface area contributed by atoms with E-state index in [0.29, 0.717) is 0 Å². The van der Waals surface area contributed by atoms with Crippen molar-refractivity contribution in [1.82, 2.24) is 0 Å². The molecule has 1 atom stereocenters. The van der Waals surface area contributed by atoms with E-state index in [1.165, 1.54) is 63.4 Å². The molecule has 16 heavy (non-hydrogen) atoms. The number of nitrogens with two attached hydrogens (primary N) is 1. The third kappa shape index (κ3) is 5.16. The first-order valence-corrected chi connectivity index (χ1v) is 7.11. The van der Waals surface area contributed by atoms with Gasteiger partial charge in [0.25, 0.3) is 0 Å². The van der Waals surface area contributed by atoms with Gasteiger partial charge in [-0.05, 0) is 38.5 Å². The Kier molecular flexibility index (Phi) is 6.79. The Morgan fingerprint density at radius 2 is 1.62 bits per heavy atom. The van der Waals surface area contributed by atoms with Crippen LogP contribution in [0.5, 0.6) is 0 Å². The van der Waals surface area contributed by atoms with E-state index in [-0.39, 0.29) is 0 Å². The summed E-state index contributed by atoms with van der Waals surface area (Å²) >= 11 is 0. The van der Waals surface area contributed by atoms with E-state index < -0.39 is 0 Å². The maximum absolute atomic E-state index is 5.84. The van der Waals surface area contributed by atoms with Crippen molar-refractivity contribution in [3.8, 4) is 0 Å². The SMILES string of the molecule is CC1=C(CN)CCCCC(C)CCCCC1. The van der Waals surface area contributed by atoms with Crippen LogP contribution in [-0.4, -0.2) is 6.54 Å². The second-order valence-electron chi connectivity index (χ2n) is 5.54. The molecular weight excluding hydrogens is 194 g/mol. The molecule has 0 aromatic heterocycles. The third-order valence-corrected chi connectivity index (χ3v) is 4.02. The van der Waals surface area contributed by atoms with Crippen molar-refractivity contribution in [3.63, 3.8) is 0 Å². The highest BCUT2D eigenvalue weighted by molar-refractivity contribution is 5.13. The Labute approximate surface area is 101 Å². The summed E-state index contributed by atoms with van der Waals surface area (Å²) in [7, 11) is 0. The van der Waals surface area contributed by atoms with E-state index in [0.717, 1.165) is 12.5 Å². The van der Waals surface area contributed by atoms with Crippen LogP contribution in [0.3, 0.4) is 0 Å². The first kappa shape index (κ1) is 13.8. The summed E-state index contributed by atoms with van der Waals surface area (Å²) < 4.78 is 0. The first-order valence-electron chi connectivity index (χ1n) is 7.11. The molecule has 0 aliphatic heterocycles. The lowest BCUT2D eigenvalue weighted by atomic mass is 9.92. The minimum absolute atomic E-state index is 0.779. The molecule has 1 nitrogen and oxygen atoms in total. The van der Waals surface area contributed by atoms with Crippen molar-refractivity contribution >= 4 is 0 Å². The van der Waals surface area contributed by atoms with Crippen LogP contribution >= 0.6 is 0 Å². The molecule has 0 heterocycles. The van der Waals surface area contributed by atoms with Crippen molar-refractivity contribution < 1.29 is 0 Å². The van der Waals surface area contributed by atoms with E-state index in [9.17, 15) is 0 Å². The summed E-state index contributed by atoms with van der Waals surface area (Å²) in [6, 6.07) is 0. The Balaban J connectivity index is 2.49. The second kappa shape index (κ2) is 7.89. The molecule has 0 aromatic rings. The molecule has 0 amide bonds. The molecule has 1 unspecified atom stereocenters. The van der Waals surface area contributed by atoms with Crippen LogP contribution in [0, 0.1) is 5.92 Å². The van der Waals surface area contributed by atoms with Gasteiger partial charge in [0.1, 0.15) is 0 Å². The predicted octanol–water partition coefficient (Wildman–Crippen LogP) is 4.42. The lowest BCUT2D eigenvalue weighted by molar-refractivity contribution is 0.438. The Bertz CT molecular complexity index is 217. The van der Waals surface area contributed by atoms with Crippen LogP contribution in [0.25, 0.3) is 0 Å². The minimum Gasteiger partial charge on any atom is -0.327 e. The standard InChI is InChI=1S/C15H29N/c1-13-8-4-3-5-10-14(2)15(12-16)11-7-6-9-13/h13H,3-12,16H2,1-2H3.